The molecule has 2 aromatic carbocycles. The van der Waals surface area contributed by atoms with Crippen molar-refractivity contribution in [2.24, 2.45) is 11.5 Å². The van der Waals surface area contributed by atoms with Crippen LogP contribution in [0.15, 0.2) is 54.6 Å². The number of nitrogens with zero attached hydrogens (tertiary/aromatic N) is 2. The Labute approximate surface area is 249 Å². The second-order valence-electron chi connectivity index (χ2n) is 10.0. The van der Waals surface area contributed by atoms with Crippen LogP contribution < -0.4 is 22.1 Å². The molecule has 6 N–H and O–H groups in total. The van der Waals surface area contributed by atoms with Gasteiger partial charge in [0, 0.05) is 38.8 Å². The van der Waals surface area contributed by atoms with Crippen molar-refractivity contribution in [3.05, 3.63) is 78.2 Å². The van der Waals surface area contributed by atoms with Crippen LogP contribution in [0.3, 0.4) is 0 Å². The highest BCUT2D eigenvalue weighted by atomic mass is 19.4. The maximum atomic E-state index is 13.4. The first-order chi connectivity index (χ1) is 20.4. The van der Waals surface area contributed by atoms with E-state index in [0.29, 0.717) is 25.9 Å². The lowest BCUT2D eigenvalue weighted by atomic mass is 10.0. The summed E-state index contributed by atoms with van der Waals surface area (Å²) in [5.74, 6) is -2.04. The monoisotopic (exact) mass is 605 g/mol. The van der Waals surface area contributed by atoms with E-state index in [1.807, 2.05) is 30.3 Å². The maximum Gasteiger partial charge on any atom is 0.416 e. The molecule has 2 atom stereocenters. The largest absolute Gasteiger partial charge is 0.416 e. The number of rotatable bonds is 16. The number of nitrogens with one attached hydrogen (secondary N) is 2. The van der Waals surface area contributed by atoms with Gasteiger partial charge >= 0.3 is 6.18 Å². The number of alkyl halides is 3. The molecule has 2 unspecified atom stereocenters. The van der Waals surface area contributed by atoms with Crippen LogP contribution in [0, 0.1) is 6.92 Å². The first kappa shape index (κ1) is 35.1. The zero-order valence-corrected chi connectivity index (χ0v) is 24.2. The predicted molar refractivity (Wildman–Crippen MR) is 156 cm³/mol. The van der Waals surface area contributed by atoms with Gasteiger partial charge in [0.1, 0.15) is 12.5 Å². The summed E-state index contributed by atoms with van der Waals surface area (Å²) in [6.45, 7) is 4.74. The Balaban J connectivity index is 2.01. The molecule has 0 aliphatic rings. The summed E-state index contributed by atoms with van der Waals surface area (Å²) in [7, 11) is 1.50. The average Bonchev–Trinajstić information content (AvgIpc) is 2.98. The van der Waals surface area contributed by atoms with Crippen LogP contribution in [0.2, 0.25) is 0 Å². The molecule has 0 aliphatic heterocycles. The number of carbonyl (C=O) groups excluding carboxylic acids is 4. The van der Waals surface area contributed by atoms with Crippen molar-refractivity contribution in [3.8, 4) is 0 Å². The van der Waals surface area contributed by atoms with Crippen LogP contribution in [-0.4, -0.2) is 85.3 Å². The van der Waals surface area contributed by atoms with Crippen LogP contribution in [0.1, 0.15) is 40.7 Å². The van der Waals surface area contributed by atoms with Gasteiger partial charge in [-0.3, -0.25) is 19.2 Å². The van der Waals surface area contributed by atoms with E-state index in [4.69, 9.17) is 11.5 Å². The zero-order valence-electron chi connectivity index (χ0n) is 24.2. The van der Waals surface area contributed by atoms with Crippen LogP contribution >= 0.6 is 0 Å². The van der Waals surface area contributed by atoms with Gasteiger partial charge in [-0.15, -0.1) is 0 Å². The number of carbonyl (C=O) groups is 4. The maximum absolute atomic E-state index is 13.4. The zero-order chi connectivity index (χ0) is 32.0. The van der Waals surface area contributed by atoms with E-state index in [1.165, 1.54) is 16.8 Å². The molecule has 2 rings (SSSR count). The second kappa shape index (κ2) is 17.1. The van der Waals surface area contributed by atoms with E-state index in [1.54, 1.807) is 0 Å². The summed E-state index contributed by atoms with van der Waals surface area (Å²) in [4.78, 5) is 54.2. The molecule has 4 amide bonds. The van der Waals surface area contributed by atoms with Gasteiger partial charge in [-0.25, -0.2) is 0 Å². The lowest BCUT2D eigenvalue weighted by molar-refractivity contribution is -0.138. The molecule has 0 aliphatic carbocycles. The lowest BCUT2D eigenvalue weighted by Crippen LogP contribution is -2.53. The molecular weight excluding hydrogens is 565 g/mol. The number of nitrogens with two attached hydrogens (primary N) is 2. The predicted octanol–water partition coefficient (Wildman–Crippen LogP) is 1.74. The van der Waals surface area contributed by atoms with Gasteiger partial charge < -0.3 is 31.9 Å². The lowest BCUT2D eigenvalue weighted by Gasteiger charge is -2.26. The third-order valence-electron chi connectivity index (χ3n) is 6.67. The number of likely N-dealkylation sites (N-methyl/N-ethyl adjacent to an activating group) is 1. The number of hydrogen-bond donors (Lipinski definition) is 4. The highest BCUT2D eigenvalue weighted by Gasteiger charge is 2.30. The Bertz CT molecular complexity index is 1190. The van der Waals surface area contributed by atoms with Crippen LogP contribution in [-0.2, 0) is 27.0 Å². The second-order valence-corrected chi connectivity index (χ2v) is 10.0. The van der Waals surface area contributed by atoms with Crippen molar-refractivity contribution in [2.75, 3.05) is 39.8 Å². The molecule has 43 heavy (non-hydrogen) atoms. The fourth-order valence-corrected chi connectivity index (χ4v) is 4.24. The Morgan fingerprint density at radius 2 is 1.63 bits per heavy atom. The molecular formula is C30H40F3N6O4+. The van der Waals surface area contributed by atoms with E-state index < -0.39 is 41.5 Å². The number of hydrogen-bond acceptors (Lipinski definition) is 6. The van der Waals surface area contributed by atoms with Crippen molar-refractivity contribution in [1.29, 1.82) is 0 Å². The Morgan fingerprint density at radius 3 is 2.21 bits per heavy atom. The number of halogens is 3. The van der Waals surface area contributed by atoms with E-state index in [-0.39, 0.29) is 43.9 Å². The van der Waals surface area contributed by atoms with Gasteiger partial charge in [0.05, 0.1) is 31.5 Å². The van der Waals surface area contributed by atoms with Gasteiger partial charge in [-0.2, -0.15) is 13.2 Å². The molecule has 0 heterocycles. The van der Waals surface area contributed by atoms with Gasteiger partial charge in [0.2, 0.25) is 17.7 Å². The van der Waals surface area contributed by atoms with Gasteiger partial charge in [0.25, 0.3) is 5.91 Å². The fraction of sp³-hybridized carbons (Fsp3) is 0.433. The first-order valence-corrected chi connectivity index (χ1v) is 13.9. The molecule has 2 aromatic rings. The Kier molecular flexibility index (Phi) is 14.0. The smallest absolute Gasteiger partial charge is 0.350 e. The summed E-state index contributed by atoms with van der Waals surface area (Å²) in [5, 5.41) is 5.25. The normalized spacial score (nSPS) is 12.6. The molecule has 0 fully saturated rings. The van der Waals surface area contributed by atoms with Crippen molar-refractivity contribution in [3.63, 3.8) is 0 Å². The van der Waals surface area contributed by atoms with Crippen molar-refractivity contribution >= 4 is 23.6 Å². The standard InChI is InChI=1S/C30H39F3N6O4/c1-3-17-39(18-15-34)26(40)20-24(35)28(42)37-25(14-9-21-7-5-4-6-8-21)29(43)38(2)19-16-36-27(41)22-10-12-23(13-11-22)30(31,32)33/h4-8,10-13,24-25H,1,3,9,14-20,34-35H2,2H3,(H-,36,37,41,42)/p+1. The third kappa shape index (κ3) is 11.6. The minimum absolute atomic E-state index is 0.0126. The number of amides is 4. The van der Waals surface area contributed by atoms with Crippen LogP contribution in [0.25, 0.3) is 0 Å². The molecule has 0 saturated heterocycles. The molecule has 0 bridgehead atoms. The van der Waals surface area contributed by atoms with Gasteiger partial charge in [-0.1, -0.05) is 30.3 Å². The van der Waals surface area contributed by atoms with Gasteiger partial charge in [0.15, 0.2) is 0 Å². The summed E-state index contributed by atoms with van der Waals surface area (Å²) >= 11 is 0. The molecule has 234 valence electrons. The fourth-order valence-electron chi connectivity index (χ4n) is 4.24. The van der Waals surface area contributed by atoms with E-state index in [2.05, 4.69) is 17.6 Å². The number of aryl methyl sites for hydroxylation is 1. The highest BCUT2D eigenvalue weighted by Crippen LogP contribution is 2.29. The van der Waals surface area contributed by atoms with E-state index in [0.717, 1.165) is 29.8 Å². The van der Waals surface area contributed by atoms with Crippen LogP contribution in [0.5, 0.6) is 0 Å². The van der Waals surface area contributed by atoms with Crippen molar-refractivity contribution in [1.82, 2.24) is 20.4 Å². The minimum atomic E-state index is -4.51. The topological polar surface area (TPSA) is 151 Å². The Hall–Kier alpha value is -4.10. The van der Waals surface area contributed by atoms with Crippen molar-refractivity contribution in [2.45, 2.75) is 43.9 Å². The highest BCUT2D eigenvalue weighted by molar-refractivity contribution is 5.94. The van der Waals surface area contributed by atoms with Crippen LogP contribution in [0.4, 0.5) is 13.2 Å². The first-order valence-electron chi connectivity index (χ1n) is 13.9. The van der Waals surface area contributed by atoms with E-state index >= 15 is 0 Å². The van der Waals surface area contributed by atoms with Gasteiger partial charge in [-0.05, 0) is 42.7 Å². The summed E-state index contributed by atoms with van der Waals surface area (Å²) in [6.07, 6.45) is -3.59. The summed E-state index contributed by atoms with van der Waals surface area (Å²) in [5.41, 5.74) is 11.7. The van der Waals surface area contributed by atoms with Crippen molar-refractivity contribution < 1.29 is 32.3 Å². The number of benzene rings is 2. The molecule has 0 spiro atoms. The SMILES string of the molecule is [CH2+]CCN(CCN)C(=O)CC(N)C(=O)NC(CCc1ccccc1)C(=O)N(C)CCNC(=O)c1ccc(C(F)(F)F)cc1. The Morgan fingerprint density at radius 1 is 0.977 bits per heavy atom. The molecule has 0 aromatic heterocycles. The molecule has 10 nitrogen and oxygen atoms in total. The van der Waals surface area contributed by atoms with E-state index in [9.17, 15) is 32.3 Å². The quantitative estimate of drug-likeness (QED) is 0.214. The molecule has 0 radical (unpaired) electrons. The average molecular weight is 606 g/mol. The molecule has 0 saturated carbocycles. The molecule has 13 heteroatoms. The summed E-state index contributed by atoms with van der Waals surface area (Å²) < 4.78 is 38.3. The third-order valence-corrected chi connectivity index (χ3v) is 6.67. The summed E-state index contributed by atoms with van der Waals surface area (Å²) in [6, 6.07) is 11.0. The minimum Gasteiger partial charge on any atom is -0.350 e.